The Kier molecular flexibility index (Phi) is 5.27. The van der Waals surface area contributed by atoms with Crippen LogP contribution in [0.4, 0.5) is 0 Å². The van der Waals surface area contributed by atoms with Crippen molar-refractivity contribution in [1.29, 1.82) is 0 Å². The lowest BCUT2D eigenvalue weighted by atomic mass is 10.1. The average Bonchev–Trinajstić information content (AvgIpc) is 2.43. The van der Waals surface area contributed by atoms with Gasteiger partial charge >= 0.3 is 0 Å². The Hall–Kier alpha value is -1.25. The Morgan fingerprint density at radius 2 is 1.70 bits per heavy atom. The van der Waals surface area contributed by atoms with Gasteiger partial charge < -0.3 is 5.32 Å². The fraction of sp³-hybridized carbons (Fsp3) is 0.333. The lowest BCUT2D eigenvalue weighted by Gasteiger charge is -2.15. The van der Waals surface area contributed by atoms with E-state index in [1.54, 1.807) is 0 Å². The van der Waals surface area contributed by atoms with Gasteiger partial charge in [0.2, 0.25) is 0 Å². The highest BCUT2D eigenvalue weighted by Gasteiger charge is 2.08. The molecular weight excluding hydrogens is 262 g/mol. The van der Waals surface area contributed by atoms with E-state index in [1.807, 2.05) is 18.8 Å². The highest BCUT2D eigenvalue weighted by Crippen LogP contribution is 2.30. The maximum atomic E-state index is 3.32. The molecule has 20 heavy (non-hydrogen) atoms. The first kappa shape index (κ1) is 15.1. The van der Waals surface area contributed by atoms with Crippen LogP contribution in [-0.4, -0.2) is 7.05 Å². The van der Waals surface area contributed by atoms with Gasteiger partial charge in [0.1, 0.15) is 0 Å². The smallest absolute Gasteiger partial charge is 0.0300 e. The van der Waals surface area contributed by atoms with Gasteiger partial charge in [-0.3, -0.25) is 0 Å². The second-order valence-corrected chi connectivity index (χ2v) is 6.35. The van der Waals surface area contributed by atoms with Crippen LogP contribution in [0.1, 0.15) is 35.2 Å². The molecule has 2 aromatic carbocycles. The van der Waals surface area contributed by atoms with Crippen molar-refractivity contribution in [2.45, 2.75) is 37.5 Å². The normalized spacial score (nSPS) is 12.4. The van der Waals surface area contributed by atoms with E-state index in [4.69, 9.17) is 0 Å². The SMILES string of the molecule is CNC(C)c1ccccc1SCc1cc(C)cc(C)c1. The molecule has 0 aromatic heterocycles. The van der Waals surface area contributed by atoms with Gasteiger partial charge in [-0.05, 0) is 45.0 Å². The first-order valence-electron chi connectivity index (χ1n) is 7.06. The minimum Gasteiger partial charge on any atom is -0.313 e. The van der Waals surface area contributed by atoms with Crippen molar-refractivity contribution in [3.05, 3.63) is 64.7 Å². The van der Waals surface area contributed by atoms with Gasteiger partial charge in [-0.15, -0.1) is 11.8 Å². The van der Waals surface area contributed by atoms with Crippen LogP contribution < -0.4 is 5.32 Å². The number of aryl methyl sites for hydroxylation is 2. The highest BCUT2D eigenvalue weighted by molar-refractivity contribution is 7.98. The van der Waals surface area contributed by atoms with Crippen LogP contribution >= 0.6 is 11.8 Å². The quantitative estimate of drug-likeness (QED) is 0.786. The molecule has 0 heterocycles. The number of benzene rings is 2. The molecule has 0 radical (unpaired) electrons. The average molecular weight is 285 g/mol. The molecule has 0 saturated heterocycles. The van der Waals surface area contributed by atoms with Crippen molar-refractivity contribution in [2.24, 2.45) is 0 Å². The second-order valence-electron chi connectivity index (χ2n) is 5.33. The first-order chi connectivity index (χ1) is 9.60. The van der Waals surface area contributed by atoms with Gasteiger partial charge in [0, 0.05) is 16.7 Å². The Morgan fingerprint density at radius 3 is 2.35 bits per heavy atom. The van der Waals surface area contributed by atoms with Crippen molar-refractivity contribution in [1.82, 2.24) is 5.32 Å². The minimum atomic E-state index is 0.387. The summed E-state index contributed by atoms with van der Waals surface area (Å²) < 4.78 is 0. The molecule has 0 bridgehead atoms. The number of thioether (sulfide) groups is 1. The van der Waals surface area contributed by atoms with Crippen LogP contribution in [-0.2, 0) is 5.75 Å². The van der Waals surface area contributed by atoms with Crippen molar-refractivity contribution >= 4 is 11.8 Å². The molecule has 1 unspecified atom stereocenters. The van der Waals surface area contributed by atoms with Gasteiger partial charge in [-0.25, -0.2) is 0 Å². The lowest BCUT2D eigenvalue weighted by molar-refractivity contribution is 0.641. The lowest BCUT2D eigenvalue weighted by Crippen LogP contribution is -2.13. The molecule has 0 aliphatic carbocycles. The summed E-state index contributed by atoms with van der Waals surface area (Å²) in [5, 5.41) is 3.32. The van der Waals surface area contributed by atoms with E-state index in [-0.39, 0.29) is 0 Å². The summed E-state index contributed by atoms with van der Waals surface area (Å²) in [7, 11) is 2.01. The molecule has 1 nitrogen and oxygen atoms in total. The fourth-order valence-electron chi connectivity index (χ4n) is 2.44. The molecule has 0 aliphatic heterocycles. The minimum absolute atomic E-state index is 0.387. The second kappa shape index (κ2) is 6.96. The zero-order chi connectivity index (χ0) is 14.5. The largest absolute Gasteiger partial charge is 0.313 e. The molecule has 0 spiro atoms. The molecule has 2 rings (SSSR count). The fourth-order valence-corrected chi connectivity index (χ4v) is 3.51. The van der Waals surface area contributed by atoms with Crippen molar-refractivity contribution in [2.75, 3.05) is 7.05 Å². The molecule has 1 atom stereocenters. The molecule has 2 aromatic rings. The summed E-state index contributed by atoms with van der Waals surface area (Å²) in [6.45, 7) is 6.53. The highest BCUT2D eigenvalue weighted by atomic mass is 32.2. The molecule has 0 fully saturated rings. The molecule has 106 valence electrons. The Labute approximate surface area is 126 Å². The van der Waals surface area contributed by atoms with E-state index in [1.165, 1.54) is 27.1 Å². The summed E-state index contributed by atoms with van der Waals surface area (Å²) in [4.78, 5) is 1.37. The summed E-state index contributed by atoms with van der Waals surface area (Å²) in [6, 6.07) is 15.8. The van der Waals surface area contributed by atoms with Gasteiger partial charge in [-0.2, -0.15) is 0 Å². The van der Waals surface area contributed by atoms with Crippen LogP contribution in [0.3, 0.4) is 0 Å². The van der Waals surface area contributed by atoms with E-state index < -0.39 is 0 Å². The van der Waals surface area contributed by atoms with Crippen molar-refractivity contribution in [3.63, 3.8) is 0 Å². The maximum absolute atomic E-state index is 3.32. The molecule has 0 saturated carbocycles. The van der Waals surface area contributed by atoms with Crippen LogP contribution in [0.15, 0.2) is 47.4 Å². The van der Waals surface area contributed by atoms with Gasteiger partial charge in [0.15, 0.2) is 0 Å². The monoisotopic (exact) mass is 285 g/mol. The number of hydrogen-bond acceptors (Lipinski definition) is 2. The van der Waals surface area contributed by atoms with Crippen LogP contribution in [0, 0.1) is 13.8 Å². The predicted octanol–water partition coefficient (Wildman–Crippen LogP) is 4.88. The number of hydrogen-bond donors (Lipinski definition) is 1. The van der Waals surface area contributed by atoms with E-state index in [0.29, 0.717) is 6.04 Å². The third-order valence-corrected chi connectivity index (χ3v) is 4.65. The molecule has 1 N–H and O–H groups in total. The predicted molar refractivity (Wildman–Crippen MR) is 89.4 cm³/mol. The van der Waals surface area contributed by atoms with Crippen LogP contribution in [0.5, 0.6) is 0 Å². The van der Waals surface area contributed by atoms with Crippen molar-refractivity contribution < 1.29 is 0 Å². The zero-order valence-electron chi connectivity index (χ0n) is 12.7. The van der Waals surface area contributed by atoms with Gasteiger partial charge in [0.25, 0.3) is 0 Å². The third-order valence-electron chi connectivity index (χ3n) is 3.49. The van der Waals surface area contributed by atoms with Gasteiger partial charge in [-0.1, -0.05) is 47.5 Å². The van der Waals surface area contributed by atoms with E-state index in [9.17, 15) is 0 Å². The van der Waals surface area contributed by atoms with E-state index >= 15 is 0 Å². The van der Waals surface area contributed by atoms with E-state index in [2.05, 4.69) is 68.6 Å². The maximum Gasteiger partial charge on any atom is 0.0300 e. The Bertz CT molecular complexity index is 557. The topological polar surface area (TPSA) is 12.0 Å². The standard InChI is InChI=1S/C18H23NS/c1-13-9-14(2)11-16(10-13)12-20-18-8-6-5-7-17(18)15(3)19-4/h5-11,15,19H,12H2,1-4H3. The number of rotatable bonds is 5. The molecule has 2 heteroatoms. The molecular formula is C18H23NS. The van der Waals surface area contributed by atoms with Crippen LogP contribution in [0.25, 0.3) is 0 Å². The summed E-state index contributed by atoms with van der Waals surface area (Å²) in [6.07, 6.45) is 0. The molecule has 0 aliphatic rings. The van der Waals surface area contributed by atoms with E-state index in [0.717, 1.165) is 5.75 Å². The molecule has 0 amide bonds. The van der Waals surface area contributed by atoms with Crippen LogP contribution in [0.2, 0.25) is 0 Å². The summed E-state index contributed by atoms with van der Waals surface area (Å²) >= 11 is 1.92. The third kappa shape index (κ3) is 3.87. The zero-order valence-corrected chi connectivity index (χ0v) is 13.6. The summed E-state index contributed by atoms with van der Waals surface area (Å²) in [5.41, 5.74) is 5.47. The first-order valence-corrected chi connectivity index (χ1v) is 8.05. The Balaban J connectivity index is 2.14. The summed E-state index contributed by atoms with van der Waals surface area (Å²) in [5.74, 6) is 1.02. The number of nitrogens with one attached hydrogen (secondary N) is 1. The van der Waals surface area contributed by atoms with Gasteiger partial charge in [0.05, 0.1) is 0 Å². The Morgan fingerprint density at radius 1 is 1.05 bits per heavy atom. The van der Waals surface area contributed by atoms with Crippen molar-refractivity contribution in [3.8, 4) is 0 Å².